The van der Waals surface area contributed by atoms with E-state index >= 15 is 0 Å². The number of fused-ring (bicyclic) bond motifs is 1. The van der Waals surface area contributed by atoms with Crippen molar-refractivity contribution in [1.82, 2.24) is 10.2 Å². The predicted molar refractivity (Wildman–Crippen MR) is 109 cm³/mol. The van der Waals surface area contributed by atoms with E-state index in [1.54, 1.807) is 0 Å². The first-order valence-electron chi connectivity index (χ1n) is 8.62. The number of hydrogen-bond donors (Lipinski definition) is 2. The second-order valence-electron chi connectivity index (χ2n) is 6.84. The molecule has 0 saturated carbocycles. The number of benzene rings is 1. The van der Waals surface area contributed by atoms with Gasteiger partial charge in [0.05, 0.1) is 23.4 Å². The Morgan fingerprint density at radius 3 is 2.52 bits per heavy atom. The van der Waals surface area contributed by atoms with Crippen LogP contribution < -0.4 is 16.0 Å². The molecule has 4 nitrogen and oxygen atoms in total. The number of rotatable bonds is 3. The van der Waals surface area contributed by atoms with Gasteiger partial charge in [-0.15, -0.1) is 11.3 Å². The molecule has 1 aliphatic heterocycles. The molecule has 3 atom stereocenters. The van der Waals surface area contributed by atoms with Crippen LogP contribution in [-0.4, -0.2) is 37.9 Å². The van der Waals surface area contributed by atoms with E-state index in [0.29, 0.717) is 0 Å². The Bertz CT molecular complexity index is 743. The second-order valence-corrected chi connectivity index (χ2v) is 8.47. The molecule has 3 N–H and O–H groups in total. The largest absolute Gasteiger partial charge is 0.331 e. The lowest BCUT2D eigenvalue weighted by Crippen LogP contribution is -2.55. The molecule has 1 aromatic heterocycles. The zero-order chi connectivity index (χ0) is 18.3. The van der Waals surface area contributed by atoms with Crippen LogP contribution >= 0.6 is 22.9 Å². The highest BCUT2D eigenvalue weighted by Gasteiger charge is 2.36. The lowest BCUT2D eigenvalue weighted by molar-refractivity contribution is 0.263. The maximum atomic E-state index is 6.61. The van der Waals surface area contributed by atoms with Crippen LogP contribution in [-0.2, 0) is 0 Å². The molecule has 6 heteroatoms. The van der Waals surface area contributed by atoms with Gasteiger partial charge in [-0.25, -0.2) is 0 Å². The molecule has 0 fully saturated rings. The Morgan fingerprint density at radius 1 is 1.28 bits per heavy atom. The van der Waals surface area contributed by atoms with Gasteiger partial charge in [0, 0.05) is 22.0 Å². The molecule has 25 heavy (non-hydrogen) atoms. The van der Waals surface area contributed by atoms with Crippen molar-refractivity contribution < 1.29 is 0 Å². The van der Waals surface area contributed by atoms with E-state index in [-0.39, 0.29) is 18.4 Å². The van der Waals surface area contributed by atoms with Crippen molar-refractivity contribution in [2.45, 2.75) is 39.1 Å². The third-order valence-corrected chi connectivity index (χ3v) is 6.70. The van der Waals surface area contributed by atoms with Gasteiger partial charge in [0.25, 0.3) is 0 Å². The monoisotopic (exact) mass is 378 g/mol. The van der Waals surface area contributed by atoms with Gasteiger partial charge in [-0.3, -0.25) is 4.90 Å². The summed E-state index contributed by atoms with van der Waals surface area (Å²) in [6.07, 6.45) is 0.101. The van der Waals surface area contributed by atoms with Gasteiger partial charge in [0.2, 0.25) is 0 Å². The number of halogens is 1. The summed E-state index contributed by atoms with van der Waals surface area (Å²) in [5, 5.41) is 5.39. The number of nitrogens with two attached hydrogens (primary N) is 1. The SMILES string of the molecule is CNC(C)N1c2sc(C)c(C)c2C(c2ccc(Cl)cc2)N(C)CC1N. The van der Waals surface area contributed by atoms with E-state index in [0.717, 1.165) is 11.6 Å². The molecule has 3 rings (SSSR count). The van der Waals surface area contributed by atoms with Gasteiger partial charge in [0.1, 0.15) is 0 Å². The molecule has 0 bridgehead atoms. The maximum Gasteiger partial charge on any atom is 0.0991 e. The van der Waals surface area contributed by atoms with Gasteiger partial charge in [-0.05, 0) is 58.1 Å². The summed E-state index contributed by atoms with van der Waals surface area (Å²) in [5.74, 6) is 0. The van der Waals surface area contributed by atoms with Crippen molar-refractivity contribution in [2.75, 3.05) is 25.5 Å². The second kappa shape index (κ2) is 7.25. The van der Waals surface area contributed by atoms with Gasteiger partial charge in [0.15, 0.2) is 0 Å². The van der Waals surface area contributed by atoms with E-state index in [1.165, 1.54) is 26.6 Å². The Morgan fingerprint density at radius 2 is 1.92 bits per heavy atom. The van der Waals surface area contributed by atoms with Gasteiger partial charge in [-0.2, -0.15) is 0 Å². The molecule has 1 aliphatic rings. The minimum Gasteiger partial charge on any atom is -0.331 e. The summed E-state index contributed by atoms with van der Waals surface area (Å²) >= 11 is 7.96. The lowest BCUT2D eigenvalue weighted by Gasteiger charge is -2.34. The summed E-state index contributed by atoms with van der Waals surface area (Å²) in [4.78, 5) is 6.03. The molecule has 2 heterocycles. The minimum atomic E-state index is -0.0686. The van der Waals surface area contributed by atoms with Crippen molar-refractivity contribution in [3.63, 3.8) is 0 Å². The van der Waals surface area contributed by atoms with Gasteiger partial charge >= 0.3 is 0 Å². The first-order chi connectivity index (χ1) is 11.8. The van der Waals surface area contributed by atoms with E-state index in [2.05, 4.69) is 55.1 Å². The first kappa shape index (κ1) is 18.7. The molecule has 2 aromatic rings. The Hall–Kier alpha value is -1.11. The fraction of sp³-hybridized carbons (Fsp3) is 0.474. The molecular weight excluding hydrogens is 352 g/mol. The minimum absolute atomic E-state index is 0.0686. The zero-order valence-electron chi connectivity index (χ0n) is 15.5. The van der Waals surface area contributed by atoms with Crippen LogP contribution in [0.5, 0.6) is 0 Å². The third-order valence-electron chi connectivity index (χ3n) is 5.21. The summed E-state index contributed by atoms with van der Waals surface area (Å²) in [6.45, 7) is 7.37. The molecule has 1 aromatic carbocycles. The maximum absolute atomic E-state index is 6.61. The standard InChI is InChI=1S/C19H27ClN4S/c1-11-12(2)25-19-17(11)18(14-6-8-15(20)9-7-14)23(5)10-16(21)24(19)13(3)22-4/h6-9,13,16,18,22H,10,21H2,1-5H3. The van der Waals surface area contributed by atoms with Crippen LogP contribution in [0.15, 0.2) is 24.3 Å². The Balaban J connectivity index is 2.20. The molecule has 0 spiro atoms. The number of likely N-dealkylation sites (N-methyl/N-ethyl adjacent to an activating group) is 1. The summed E-state index contributed by atoms with van der Waals surface area (Å²) in [6, 6.07) is 8.37. The molecular formula is C19H27ClN4S. The number of aryl methyl sites for hydroxylation is 1. The molecule has 3 unspecified atom stereocenters. The quantitative estimate of drug-likeness (QED) is 0.854. The van der Waals surface area contributed by atoms with E-state index < -0.39 is 0 Å². The highest BCUT2D eigenvalue weighted by molar-refractivity contribution is 7.16. The fourth-order valence-electron chi connectivity index (χ4n) is 3.67. The van der Waals surface area contributed by atoms with Crippen molar-refractivity contribution >= 4 is 27.9 Å². The normalized spacial score (nSPS) is 22.6. The smallest absolute Gasteiger partial charge is 0.0991 e. The molecule has 0 radical (unpaired) electrons. The number of anilines is 1. The van der Waals surface area contributed by atoms with E-state index in [1.807, 2.05) is 30.5 Å². The number of nitrogens with zero attached hydrogens (tertiary/aromatic N) is 2. The predicted octanol–water partition coefficient (Wildman–Crippen LogP) is 3.71. The molecule has 0 saturated heterocycles. The van der Waals surface area contributed by atoms with Crippen LogP contribution in [0.25, 0.3) is 0 Å². The third kappa shape index (κ3) is 3.32. The zero-order valence-corrected chi connectivity index (χ0v) is 17.1. The van der Waals surface area contributed by atoms with Gasteiger partial charge in [-0.1, -0.05) is 23.7 Å². The van der Waals surface area contributed by atoms with Crippen LogP contribution in [0.1, 0.15) is 34.5 Å². The number of thiophene rings is 1. The first-order valence-corrected chi connectivity index (χ1v) is 9.81. The topological polar surface area (TPSA) is 44.5 Å². The van der Waals surface area contributed by atoms with Gasteiger partial charge < -0.3 is 16.0 Å². The number of hydrogen-bond acceptors (Lipinski definition) is 5. The van der Waals surface area contributed by atoms with Crippen LogP contribution in [0.4, 0.5) is 5.00 Å². The van der Waals surface area contributed by atoms with Crippen LogP contribution in [0.3, 0.4) is 0 Å². The number of nitrogens with one attached hydrogen (secondary N) is 1. The molecule has 136 valence electrons. The van der Waals surface area contributed by atoms with Crippen molar-refractivity contribution in [3.05, 3.63) is 50.9 Å². The highest BCUT2D eigenvalue weighted by atomic mass is 35.5. The summed E-state index contributed by atoms with van der Waals surface area (Å²) in [7, 11) is 4.14. The van der Waals surface area contributed by atoms with Crippen molar-refractivity contribution in [3.8, 4) is 0 Å². The Kier molecular flexibility index (Phi) is 5.42. The highest BCUT2D eigenvalue weighted by Crippen LogP contribution is 2.46. The van der Waals surface area contributed by atoms with Crippen molar-refractivity contribution in [2.24, 2.45) is 5.73 Å². The van der Waals surface area contributed by atoms with E-state index in [9.17, 15) is 0 Å². The van der Waals surface area contributed by atoms with E-state index in [4.69, 9.17) is 17.3 Å². The van der Waals surface area contributed by atoms with Crippen LogP contribution in [0, 0.1) is 13.8 Å². The van der Waals surface area contributed by atoms with Crippen molar-refractivity contribution in [1.29, 1.82) is 0 Å². The average molecular weight is 379 g/mol. The van der Waals surface area contributed by atoms with Crippen LogP contribution in [0.2, 0.25) is 5.02 Å². The fourth-order valence-corrected chi connectivity index (χ4v) is 5.12. The summed E-state index contributed by atoms with van der Waals surface area (Å²) < 4.78 is 0. The molecule has 0 aliphatic carbocycles. The average Bonchev–Trinajstić information content (AvgIpc) is 2.79. The lowest BCUT2D eigenvalue weighted by atomic mass is 9.95. The summed E-state index contributed by atoms with van der Waals surface area (Å²) in [5.41, 5.74) is 10.6. The molecule has 0 amide bonds. The Labute approximate surface area is 159 Å².